The highest BCUT2D eigenvalue weighted by Gasteiger charge is 2.12. The number of aromatic nitrogens is 1. The van der Waals surface area contributed by atoms with Crippen molar-refractivity contribution < 1.29 is 19.1 Å². The molecule has 0 saturated carbocycles. The van der Waals surface area contributed by atoms with Crippen LogP contribution in [0.4, 0.5) is 0 Å². The van der Waals surface area contributed by atoms with E-state index in [1.54, 1.807) is 19.1 Å². The molecule has 0 bridgehead atoms. The second-order valence-corrected chi connectivity index (χ2v) is 5.53. The summed E-state index contributed by atoms with van der Waals surface area (Å²) in [4.78, 5) is 37.6. The summed E-state index contributed by atoms with van der Waals surface area (Å²) in [6.07, 6.45) is 0.340. The third-order valence-corrected chi connectivity index (χ3v) is 3.44. The number of nitrogens with zero attached hydrogens (tertiary/aromatic N) is 1. The maximum absolute atomic E-state index is 11.9. The minimum absolute atomic E-state index is 0.146. The van der Waals surface area contributed by atoms with Crippen molar-refractivity contribution in [2.45, 2.75) is 26.4 Å². The first kappa shape index (κ1) is 16.7. The van der Waals surface area contributed by atoms with Gasteiger partial charge in [-0.1, -0.05) is 30.5 Å². The van der Waals surface area contributed by atoms with Gasteiger partial charge < -0.3 is 4.74 Å². The van der Waals surface area contributed by atoms with Gasteiger partial charge in [0.1, 0.15) is 11.4 Å². The van der Waals surface area contributed by atoms with Gasteiger partial charge in [0.05, 0.1) is 6.10 Å². The lowest BCUT2D eigenvalue weighted by molar-refractivity contribution is -0.145. The van der Waals surface area contributed by atoms with Crippen LogP contribution in [-0.4, -0.2) is 33.0 Å². The van der Waals surface area contributed by atoms with Crippen LogP contribution in [0.2, 0.25) is 0 Å². The summed E-state index contributed by atoms with van der Waals surface area (Å²) in [6, 6.07) is 4.64. The average Bonchev–Trinajstić information content (AvgIpc) is 2.37. The number of carbonyl (C=O) groups excluding carboxylic acids is 3. The van der Waals surface area contributed by atoms with E-state index in [0.717, 1.165) is 11.8 Å². The van der Waals surface area contributed by atoms with Gasteiger partial charge in [0.2, 0.25) is 10.2 Å². The maximum Gasteiger partial charge on any atom is 0.302 e. The lowest BCUT2D eigenvalue weighted by Gasteiger charge is -2.10. The van der Waals surface area contributed by atoms with E-state index in [9.17, 15) is 14.4 Å². The first-order valence-electron chi connectivity index (χ1n) is 5.95. The fourth-order valence-corrected chi connectivity index (χ4v) is 2.42. The number of thioether (sulfide) groups is 1. The van der Waals surface area contributed by atoms with Crippen LogP contribution in [0.15, 0.2) is 18.2 Å². The SMILES string of the molecule is CC(=O)OC(C)CCSC(=O)c1cccc(C(=O)S)n1. The number of carbonyl (C=O) groups is 3. The van der Waals surface area contributed by atoms with E-state index in [0.29, 0.717) is 12.2 Å². The molecule has 0 saturated heterocycles. The van der Waals surface area contributed by atoms with E-state index < -0.39 is 5.12 Å². The number of hydrogen-bond acceptors (Lipinski definition) is 6. The largest absolute Gasteiger partial charge is 0.463 e. The number of hydrogen-bond donors (Lipinski definition) is 1. The molecule has 0 aromatic carbocycles. The van der Waals surface area contributed by atoms with Crippen LogP contribution < -0.4 is 0 Å². The Morgan fingerprint density at radius 1 is 1.35 bits per heavy atom. The van der Waals surface area contributed by atoms with Gasteiger partial charge in [0.15, 0.2) is 0 Å². The van der Waals surface area contributed by atoms with E-state index >= 15 is 0 Å². The fraction of sp³-hybridized carbons (Fsp3) is 0.385. The molecular weight excluding hydrogens is 298 g/mol. The predicted molar refractivity (Wildman–Crippen MR) is 80.2 cm³/mol. The van der Waals surface area contributed by atoms with E-state index in [1.807, 2.05) is 0 Å². The third-order valence-electron chi connectivity index (χ3n) is 2.30. The minimum atomic E-state index is -0.479. The summed E-state index contributed by atoms with van der Waals surface area (Å²) in [5.41, 5.74) is 0.364. The maximum atomic E-state index is 11.9. The highest BCUT2D eigenvalue weighted by Crippen LogP contribution is 2.14. The van der Waals surface area contributed by atoms with Crippen LogP contribution in [0.3, 0.4) is 0 Å². The van der Waals surface area contributed by atoms with Gasteiger partial charge in [-0.05, 0) is 25.5 Å². The molecule has 0 N–H and O–H groups in total. The van der Waals surface area contributed by atoms with Crippen LogP contribution in [0, 0.1) is 0 Å². The van der Waals surface area contributed by atoms with Gasteiger partial charge in [0, 0.05) is 12.7 Å². The number of ether oxygens (including phenoxy) is 1. The molecule has 1 unspecified atom stereocenters. The molecule has 1 atom stereocenters. The van der Waals surface area contributed by atoms with Crippen molar-refractivity contribution in [3.05, 3.63) is 29.6 Å². The Morgan fingerprint density at radius 3 is 2.60 bits per heavy atom. The minimum Gasteiger partial charge on any atom is -0.463 e. The lowest BCUT2D eigenvalue weighted by atomic mass is 10.3. The summed E-state index contributed by atoms with van der Waals surface area (Å²) >= 11 is 4.74. The molecule has 0 aliphatic rings. The molecule has 0 radical (unpaired) electrons. The van der Waals surface area contributed by atoms with Crippen molar-refractivity contribution >= 4 is 40.6 Å². The zero-order valence-corrected chi connectivity index (χ0v) is 12.9. The number of thiol groups is 1. The molecule has 7 heteroatoms. The normalized spacial score (nSPS) is 11.8. The second-order valence-electron chi connectivity index (χ2n) is 4.06. The lowest BCUT2D eigenvalue weighted by Crippen LogP contribution is -2.13. The second kappa shape index (κ2) is 8.06. The van der Waals surface area contributed by atoms with Crippen LogP contribution in [0.5, 0.6) is 0 Å². The molecule has 20 heavy (non-hydrogen) atoms. The Balaban J connectivity index is 2.49. The first-order chi connectivity index (χ1) is 9.40. The van der Waals surface area contributed by atoms with Gasteiger partial charge in [-0.15, -0.1) is 0 Å². The van der Waals surface area contributed by atoms with E-state index in [-0.39, 0.29) is 28.6 Å². The number of pyridine rings is 1. The van der Waals surface area contributed by atoms with Gasteiger partial charge in [-0.25, -0.2) is 4.98 Å². The standard InChI is InChI=1S/C13H15NO4S2/c1-8(18-9(2)15)6-7-20-13(17)11-5-3-4-10(14-11)12(16)19/h3-5,8H,6-7H2,1-2H3,(H,16,19). The van der Waals surface area contributed by atoms with Crippen LogP contribution >= 0.6 is 24.4 Å². The monoisotopic (exact) mass is 313 g/mol. The molecule has 1 aromatic rings. The number of rotatable bonds is 6. The van der Waals surface area contributed by atoms with Crippen molar-refractivity contribution in [3.8, 4) is 0 Å². The molecule has 1 heterocycles. The molecule has 108 valence electrons. The Bertz CT molecular complexity index is 519. The Kier molecular flexibility index (Phi) is 6.74. The van der Waals surface area contributed by atoms with Crippen molar-refractivity contribution in [2.75, 3.05) is 5.75 Å². The van der Waals surface area contributed by atoms with Crippen LogP contribution in [0.1, 0.15) is 41.2 Å². The molecule has 0 amide bonds. The zero-order chi connectivity index (χ0) is 15.1. The molecular formula is C13H15NO4S2. The Labute approximate surface area is 126 Å². The van der Waals surface area contributed by atoms with Gasteiger partial charge in [-0.3, -0.25) is 14.4 Å². The molecule has 5 nitrogen and oxygen atoms in total. The summed E-state index contributed by atoms with van der Waals surface area (Å²) in [5.74, 6) is 0.170. The number of esters is 1. The van der Waals surface area contributed by atoms with Crippen molar-refractivity contribution in [2.24, 2.45) is 0 Å². The third kappa shape index (κ3) is 5.75. The molecule has 1 aromatic heterocycles. The van der Waals surface area contributed by atoms with E-state index in [2.05, 4.69) is 17.6 Å². The average molecular weight is 313 g/mol. The topological polar surface area (TPSA) is 73.3 Å². The Morgan fingerprint density at radius 2 is 2.00 bits per heavy atom. The molecule has 0 spiro atoms. The first-order valence-corrected chi connectivity index (χ1v) is 7.38. The van der Waals surface area contributed by atoms with Gasteiger partial charge >= 0.3 is 5.97 Å². The molecule has 0 aliphatic carbocycles. The van der Waals surface area contributed by atoms with Gasteiger partial charge in [-0.2, -0.15) is 0 Å². The summed E-state index contributed by atoms with van der Waals surface area (Å²) < 4.78 is 4.95. The van der Waals surface area contributed by atoms with Crippen molar-refractivity contribution in [1.82, 2.24) is 4.98 Å². The summed E-state index contributed by atoms with van der Waals surface area (Å²) in [5, 5.41) is -0.704. The van der Waals surface area contributed by atoms with Crippen LogP contribution in [-0.2, 0) is 9.53 Å². The predicted octanol–water partition coefficient (Wildman–Crippen LogP) is 2.37. The highest BCUT2D eigenvalue weighted by atomic mass is 32.2. The molecule has 0 aliphatic heterocycles. The highest BCUT2D eigenvalue weighted by molar-refractivity contribution is 8.14. The fourth-order valence-electron chi connectivity index (χ4n) is 1.40. The summed E-state index contributed by atoms with van der Waals surface area (Å²) in [7, 11) is 0. The van der Waals surface area contributed by atoms with E-state index in [4.69, 9.17) is 4.74 Å². The van der Waals surface area contributed by atoms with Crippen molar-refractivity contribution in [3.63, 3.8) is 0 Å². The molecule has 0 fully saturated rings. The summed E-state index contributed by atoms with van der Waals surface area (Å²) in [6.45, 7) is 3.11. The van der Waals surface area contributed by atoms with E-state index in [1.165, 1.54) is 13.0 Å². The Hall–Kier alpha value is -1.34. The van der Waals surface area contributed by atoms with Crippen molar-refractivity contribution in [1.29, 1.82) is 0 Å². The molecule has 1 rings (SSSR count). The van der Waals surface area contributed by atoms with Gasteiger partial charge in [0.25, 0.3) is 0 Å². The van der Waals surface area contributed by atoms with Crippen LogP contribution in [0.25, 0.3) is 0 Å². The quantitative estimate of drug-likeness (QED) is 0.642. The smallest absolute Gasteiger partial charge is 0.302 e. The zero-order valence-electron chi connectivity index (χ0n) is 11.2.